The van der Waals surface area contributed by atoms with Crippen molar-refractivity contribution >= 4 is 29.7 Å². The molecule has 4 rings (SSSR count). The molecule has 0 saturated carbocycles. The zero-order chi connectivity index (χ0) is 16.7. The number of hydrogen-bond donors (Lipinski definition) is 1. The van der Waals surface area contributed by atoms with Crippen LogP contribution in [0.1, 0.15) is 17.1 Å². The van der Waals surface area contributed by atoms with Crippen molar-refractivity contribution in [3.8, 4) is 0 Å². The number of hydrogen-bond acceptors (Lipinski definition) is 5. The first-order chi connectivity index (χ1) is 11.6. The first kappa shape index (κ1) is 18.0. The summed E-state index contributed by atoms with van der Waals surface area (Å²) in [6.45, 7) is 0. The fourth-order valence-corrected chi connectivity index (χ4v) is 3.87. The molecule has 1 amide bonds. The Morgan fingerprint density at radius 3 is 2.84 bits per heavy atom. The number of H-pyrrole nitrogens is 1. The van der Waals surface area contributed by atoms with Gasteiger partial charge in [-0.3, -0.25) is 9.69 Å². The van der Waals surface area contributed by atoms with Gasteiger partial charge in [-0.05, 0) is 17.0 Å². The van der Waals surface area contributed by atoms with Crippen LogP contribution in [-0.2, 0) is 16.0 Å². The van der Waals surface area contributed by atoms with Crippen molar-refractivity contribution < 1.29 is 44.3 Å². The number of β-lactam (4-membered cyclic amide) rings is 1. The summed E-state index contributed by atoms with van der Waals surface area (Å²) in [7, 11) is 0. The van der Waals surface area contributed by atoms with E-state index in [2.05, 4.69) is 9.97 Å². The van der Waals surface area contributed by atoms with Crippen LogP contribution in [0.4, 0.5) is 0 Å². The standard InChI is InChI=1S/C17H13N3O3S.Na/c21-15-12(16-20(15)13(9-24-16)17(22)23)7-11-8-18-14(19-11)6-10-4-2-1-3-5-10;/h1-5,7-9,16H,6H2,(H,18,19)(H,22,23);/q;+1/p-1/b12-7-;/t16-;/m1./s1. The Balaban J connectivity index is 0.00000182. The molecule has 1 atom stereocenters. The minimum absolute atomic E-state index is 0. The molecule has 1 fully saturated rings. The van der Waals surface area contributed by atoms with Gasteiger partial charge in [0.05, 0.1) is 29.1 Å². The number of benzene rings is 1. The second-order valence-corrected chi connectivity index (χ2v) is 6.46. The van der Waals surface area contributed by atoms with Crippen LogP contribution in [0.2, 0.25) is 0 Å². The number of rotatable bonds is 4. The molecule has 0 aliphatic carbocycles. The molecule has 2 aliphatic rings. The third-order valence-electron chi connectivity index (χ3n) is 3.92. The largest absolute Gasteiger partial charge is 1.00 e. The molecule has 2 aliphatic heterocycles. The van der Waals surface area contributed by atoms with Crippen LogP contribution in [0, 0.1) is 0 Å². The van der Waals surface area contributed by atoms with Gasteiger partial charge in [0.2, 0.25) is 0 Å². The maximum Gasteiger partial charge on any atom is 1.00 e. The number of thioether (sulfide) groups is 1. The monoisotopic (exact) mass is 361 g/mol. The molecule has 0 spiro atoms. The maximum atomic E-state index is 12.1. The summed E-state index contributed by atoms with van der Waals surface area (Å²) in [6, 6.07) is 9.96. The zero-order valence-electron chi connectivity index (χ0n) is 13.4. The molecule has 25 heavy (non-hydrogen) atoms. The Morgan fingerprint density at radius 2 is 2.12 bits per heavy atom. The molecule has 0 radical (unpaired) electrons. The van der Waals surface area contributed by atoms with Gasteiger partial charge < -0.3 is 14.9 Å². The van der Waals surface area contributed by atoms with E-state index in [1.807, 2.05) is 30.3 Å². The van der Waals surface area contributed by atoms with Crippen LogP contribution < -0.4 is 34.7 Å². The van der Waals surface area contributed by atoms with Crippen molar-refractivity contribution in [1.29, 1.82) is 0 Å². The number of carbonyl (C=O) groups is 2. The summed E-state index contributed by atoms with van der Waals surface area (Å²) >= 11 is 1.29. The molecule has 120 valence electrons. The van der Waals surface area contributed by atoms with Gasteiger partial charge in [0.15, 0.2) is 0 Å². The van der Waals surface area contributed by atoms with E-state index in [1.54, 1.807) is 12.3 Å². The van der Waals surface area contributed by atoms with Crippen molar-refractivity contribution in [2.45, 2.75) is 11.8 Å². The summed E-state index contributed by atoms with van der Waals surface area (Å²) in [5, 5.41) is 12.1. The molecule has 8 heteroatoms. The third-order valence-corrected chi connectivity index (χ3v) is 5.00. The van der Waals surface area contributed by atoms with E-state index in [-0.39, 0.29) is 46.5 Å². The number of aromatic nitrogens is 2. The van der Waals surface area contributed by atoms with E-state index in [0.717, 1.165) is 17.1 Å². The van der Waals surface area contributed by atoms with Crippen molar-refractivity contribution in [3.05, 3.63) is 70.3 Å². The van der Waals surface area contributed by atoms with Gasteiger partial charge in [-0.15, -0.1) is 11.8 Å². The Labute approximate surface area is 170 Å². The number of carboxylic acids is 1. The van der Waals surface area contributed by atoms with E-state index >= 15 is 0 Å². The molecule has 1 aromatic carbocycles. The van der Waals surface area contributed by atoms with Crippen LogP contribution >= 0.6 is 11.8 Å². The Morgan fingerprint density at radius 1 is 1.36 bits per heavy atom. The molecule has 0 unspecified atom stereocenters. The minimum Gasteiger partial charge on any atom is -0.543 e. The third kappa shape index (κ3) is 3.32. The van der Waals surface area contributed by atoms with Gasteiger partial charge in [0, 0.05) is 6.42 Å². The summed E-state index contributed by atoms with van der Waals surface area (Å²) in [6.07, 6.45) is 4.08. The predicted molar refractivity (Wildman–Crippen MR) is 87.1 cm³/mol. The zero-order valence-corrected chi connectivity index (χ0v) is 16.2. The van der Waals surface area contributed by atoms with Crippen LogP contribution in [0.5, 0.6) is 0 Å². The van der Waals surface area contributed by atoms with Crippen molar-refractivity contribution in [1.82, 2.24) is 14.9 Å². The van der Waals surface area contributed by atoms with E-state index in [9.17, 15) is 14.7 Å². The van der Waals surface area contributed by atoms with Crippen molar-refractivity contribution in [2.75, 3.05) is 0 Å². The number of carbonyl (C=O) groups excluding carboxylic acids is 2. The van der Waals surface area contributed by atoms with Gasteiger partial charge in [0.1, 0.15) is 11.2 Å². The Kier molecular flexibility index (Phi) is 5.19. The molecule has 1 saturated heterocycles. The van der Waals surface area contributed by atoms with Gasteiger partial charge in [0.25, 0.3) is 5.91 Å². The van der Waals surface area contributed by atoms with E-state index in [4.69, 9.17) is 0 Å². The predicted octanol–water partition coefficient (Wildman–Crippen LogP) is -2.11. The molecule has 1 aromatic heterocycles. The van der Waals surface area contributed by atoms with Crippen molar-refractivity contribution in [3.63, 3.8) is 0 Å². The molecular formula is C17H12N3NaO3S. The SMILES string of the molecule is O=C([O-])C1=CS[C@@H]2/C(=C\c3cnc(Cc4ccccc4)[nH]3)C(=O)N12.[Na+]. The first-order valence-corrected chi connectivity index (χ1v) is 8.27. The van der Waals surface area contributed by atoms with Gasteiger partial charge in [-0.1, -0.05) is 30.3 Å². The summed E-state index contributed by atoms with van der Waals surface area (Å²) in [5.74, 6) is -0.826. The topological polar surface area (TPSA) is 89.1 Å². The van der Waals surface area contributed by atoms with Crippen LogP contribution in [0.25, 0.3) is 6.08 Å². The average molecular weight is 361 g/mol. The van der Waals surface area contributed by atoms with E-state index in [1.165, 1.54) is 22.1 Å². The summed E-state index contributed by atoms with van der Waals surface area (Å²) < 4.78 is 0. The van der Waals surface area contributed by atoms with E-state index < -0.39 is 5.97 Å². The number of imidazole rings is 1. The van der Waals surface area contributed by atoms with Gasteiger partial charge in [-0.25, -0.2) is 4.98 Å². The van der Waals surface area contributed by atoms with E-state index in [0.29, 0.717) is 12.0 Å². The van der Waals surface area contributed by atoms with Crippen LogP contribution in [0.15, 0.2) is 53.2 Å². The average Bonchev–Trinajstić information content (AvgIpc) is 3.18. The van der Waals surface area contributed by atoms with Crippen molar-refractivity contribution in [2.24, 2.45) is 0 Å². The molecule has 2 aromatic rings. The number of aromatic amines is 1. The normalized spacial score (nSPS) is 19.9. The quantitative estimate of drug-likeness (QED) is 0.383. The number of fused-ring (bicyclic) bond motifs is 1. The fourth-order valence-electron chi connectivity index (χ4n) is 2.76. The summed E-state index contributed by atoms with van der Waals surface area (Å²) in [5.41, 5.74) is 2.36. The number of nitrogens with one attached hydrogen (secondary N) is 1. The molecule has 1 N–H and O–H groups in total. The van der Waals surface area contributed by atoms with Gasteiger partial charge in [-0.2, -0.15) is 0 Å². The number of amides is 1. The smallest absolute Gasteiger partial charge is 0.543 e. The second kappa shape index (κ2) is 7.21. The first-order valence-electron chi connectivity index (χ1n) is 7.33. The summed E-state index contributed by atoms with van der Waals surface area (Å²) in [4.78, 5) is 31.8. The molecule has 6 nitrogen and oxygen atoms in total. The maximum absolute atomic E-state index is 12.1. The number of aliphatic carboxylic acids is 1. The Bertz CT molecular complexity index is 892. The fraction of sp³-hybridized carbons (Fsp3) is 0.118. The van der Waals surface area contributed by atoms with Gasteiger partial charge >= 0.3 is 29.6 Å². The number of carboxylic acid groups (broad SMARTS) is 1. The molecule has 3 heterocycles. The van der Waals surface area contributed by atoms with Crippen LogP contribution in [0.3, 0.4) is 0 Å². The minimum atomic E-state index is -1.33. The number of nitrogens with zero attached hydrogens (tertiary/aromatic N) is 2. The van der Waals surface area contributed by atoms with Crippen LogP contribution in [-0.4, -0.2) is 32.1 Å². The second-order valence-electron chi connectivity index (χ2n) is 5.50. The molecule has 0 bridgehead atoms. The molecular weight excluding hydrogens is 349 g/mol. The Hall–Kier alpha value is -1.80.